The molecule has 0 radical (unpaired) electrons. The van der Waals surface area contributed by atoms with E-state index in [1.54, 1.807) is 0 Å². The van der Waals surface area contributed by atoms with Gasteiger partial charge in [0.2, 0.25) is 7.41 Å². The van der Waals surface area contributed by atoms with Crippen LogP contribution in [0.3, 0.4) is 0 Å². The van der Waals surface area contributed by atoms with Gasteiger partial charge in [-0.15, -0.1) is 0 Å². The van der Waals surface area contributed by atoms with Crippen LogP contribution >= 0.6 is 0 Å². The molecule has 0 aromatic carbocycles. The zero-order valence-electron chi connectivity index (χ0n) is 5.43. The highest BCUT2D eigenvalue weighted by Crippen LogP contribution is 2.25. The number of hydrogen-bond acceptors (Lipinski definition) is 1. The van der Waals surface area contributed by atoms with Crippen molar-refractivity contribution in [2.75, 3.05) is 0 Å². The van der Waals surface area contributed by atoms with Gasteiger partial charge in [0, 0.05) is 5.70 Å². The number of hydrogen-bond donors (Lipinski definition) is 1. The minimum atomic E-state index is 0.829. The first-order chi connectivity index (χ1) is 4.47. The Morgan fingerprint density at radius 2 is 2.67 bits per heavy atom. The molecule has 0 saturated carbocycles. The minimum absolute atomic E-state index is 0.829. The van der Waals surface area contributed by atoms with Crippen LogP contribution in [0, 0.1) is 5.92 Å². The maximum Gasteiger partial charge on any atom is 0.233 e. The van der Waals surface area contributed by atoms with Crippen LogP contribution in [-0.2, 0) is 0 Å². The normalized spacial score (nSPS) is 30.2. The molecule has 2 heteroatoms. The average molecular weight is 119 g/mol. The highest BCUT2D eigenvalue weighted by molar-refractivity contribution is 6.34. The van der Waals surface area contributed by atoms with Crippen LogP contribution in [0.15, 0.2) is 23.9 Å². The van der Waals surface area contributed by atoms with Gasteiger partial charge in [0.1, 0.15) is 0 Å². The Labute approximate surface area is 56.1 Å². The molecule has 1 fully saturated rings. The quantitative estimate of drug-likeness (QED) is 0.465. The molecule has 1 unspecified atom stereocenters. The predicted octanol–water partition coefficient (Wildman–Crippen LogP) is 0.819. The summed E-state index contributed by atoms with van der Waals surface area (Å²) >= 11 is 0. The molecule has 1 nitrogen and oxygen atoms in total. The standard InChI is InChI=1S/C7H10BN/c1-2-4-7-6(3-1)5-8-9-7/h1-2,4,6,8-9H,3,5H2. The molecule has 1 atom stereocenters. The van der Waals surface area contributed by atoms with Gasteiger partial charge in [-0.25, -0.2) is 0 Å². The Kier molecular flexibility index (Phi) is 1.11. The molecule has 2 rings (SSSR count). The van der Waals surface area contributed by atoms with Crippen LogP contribution in [-0.4, -0.2) is 7.41 Å². The number of fused-ring (bicyclic) bond motifs is 1. The number of allylic oxidation sites excluding steroid dienone is 4. The summed E-state index contributed by atoms with van der Waals surface area (Å²) in [7, 11) is 1.18. The van der Waals surface area contributed by atoms with E-state index in [1.165, 1.54) is 25.9 Å². The zero-order chi connectivity index (χ0) is 6.10. The topological polar surface area (TPSA) is 12.0 Å². The molecule has 1 heterocycles. The Bertz CT molecular complexity index is 172. The molecule has 0 aromatic heterocycles. The predicted molar refractivity (Wildman–Crippen MR) is 40.4 cm³/mol. The van der Waals surface area contributed by atoms with E-state index in [1.807, 2.05) is 0 Å². The van der Waals surface area contributed by atoms with E-state index in [4.69, 9.17) is 0 Å². The fraction of sp³-hybridized carbons (Fsp3) is 0.429. The van der Waals surface area contributed by atoms with Crippen molar-refractivity contribution in [1.29, 1.82) is 0 Å². The van der Waals surface area contributed by atoms with E-state index < -0.39 is 0 Å². The molecule has 46 valence electrons. The van der Waals surface area contributed by atoms with E-state index in [0.717, 1.165) is 5.92 Å². The highest BCUT2D eigenvalue weighted by Gasteiger charge is 2.20. The number of rotatable bonds is 0. The second-order valence-corrected chi connectivity index (χ2v) is 2.70. The van der Waals surface area contributed by atoms with Crippen molar-refractivity contribution >= 4 is 7.41 Å². The Balaban J connectivity index is 2.23. The van der Waals surface area contributed by atoms with Gasteiger partial charge in [0.15, 0.2) is 0 Å². The molecular weight excluding hydrogens is 109 g/mol. The lowest BCUT2D eigenvalue weighted by Crippen LogP contribution is -2.09. The van der Waals surface area contributed by atoms with Crippen LogP contribution in [0.5, 0.6) is 0 Å². The van der Waals surface area contributed by atoms with Crippen molar-refractivity contribution in [2.45, 2.75) is 12.7 Å². The van der Waals surface area contributed by atoms with Crippen LogP contribution in [0.25, 0.3) is 0 Å². The minimum Gasteiger partial charge on any atom is -0.434 e. The summed E-state index contributed by atoms with van der Waals surface area (Å²) in [5.41, 5.74) is 1.46. The van der Waals surface area contributed by atoms with Gasteiger partial charge in [-0.2, -0.15) is 0 Å². The summed E-state index contributed by atoms with van der Waals surface area (Å²) in [4.78, 5) is 0. The van der Waals surface area contributed by atoms with Crippen molar-refractivity contribution in [1.82, 2.24) is 5.23 Å². The molecule has 1 N–H and O–H groups in total. The fourth-order valence-corrected chi connectivity index (χ4v) is 1.54. The van der Waals surface area contributed by atoms with Crippen molar-refractivity contribution in [3.63, 3.8) is 0 Å². The molecule has 9 heavy (non-hydrogen) atoms. The van der Waals surface area contributed by atoms with Crippen molar-refractivity contribution in [3.05, 3.63) is 23.9 Å². The third-order valence-electron chi connectivity index (χ3n) is 2.09. The molecule has 0 aromatic rings. The van der Waals surface area contributed by atoms with Gasteiger partial charge in [-0.3, -0.25) is 0 Å². The third kappa shape index (κ3) is 0.785. The fourth-order valence-electron chi connectivity index (χ4n) is 1.54. The lowest BCUT2D eigenvalue weighted by molar-refractivity contribution is 0.693. The van der Waals surface area contributed by atoms with E-state index >= 15 is 0 Å². The average Bonchev–Trinajstić information content (AvgIpc) is 2.33. The first kappa shape index (κ1) is 5.16. The second kappa shape index (κ2) is 1.94. The van der Waals surface area contributed by atoms with Crippen molar-refractivity contribution in [2.24, 2.45) is 5.92 Å². The lowest BCUT2D eigenvalue weighted by atomic mass is 9.85. The zero-order valence-corrected chi connectivity index (χ0v) is 5.43. The van der Waals surface area contributed by atoms with Gasteiger partial charge in [-0.1, -0.05) is 12.2 Å². The SMILES string of the molecule is B1CC2CC=CC=C2N1. The van der Waals surface area contributed by atoms with Gasteiger partial charge < -0.3 is 5.23 Å². The van der Waals surface area contributed by atoms with E-state index in [0.29, 0.717) is 0 Å². The summed E-state index contributed by atoms with van der Waals surface area (Å²) in [6, 6.07) is 0. The summed E-state index contributed by atoms with van der Waals surface area (Å²) in [5.74, 6) is 0.829. The Morgan fingerprint density at radius 1 is 1.67 bits per heavy atom. The molecule has 2 aliphatic rings. The van der Waals surface area contributed by atoms with Crippen molar-refractivity contribution in [3.8, 4) is 0 Å². The third-order valence-corrected chi connectivity index (χ3v) is 2.09. The Morgan fingerprint density at radius 3 is 3.56 bits per heavy atom. The first-order valence-corrected chi connectivity index (χ1v) is 3.57. The monoisotopic (exact) mass is 119 g/mol. The van der Waals surface area contributed by atoms with Crippen LogP contribution in [0.1, 0.15) is 6.42 Å². The summed E-state index contributed by atoms with van der Waals surface area (Å²) < 4.78 is 0. The Hall–Kier alpha value is -0.655. The summed E-state index contributed by atoms with van der Waals surface area (Å²) in [6.07, 6.45) is 9.17. The van der Waals surface area contributed by atoms with Crippen molar-refractivity contribution < 1.29 is 0 Å². The van der Waals surface area contributed by atoms with Crippen LogP contribution in [0.4, 0.5) is 0 Å². The molecule has 1 saturated heterocycles. The van der Waals surface area contributed by atoms with Crippen LogP contribution in [0.2, 0.25) is 6.32 Å². The highest BCUT2D eigenvalue weighted by atomic mass is 14.8. The lowest BCUT2D eigenvalue weighted by Gasteiger charge is -2.11. The molecule has 1 aliphatic carbocycles. The smallest absolute Gasteiger partial charge is 0.233 e. The molecule has 1 aliphatic heterocycles. The van der Waals surface area contributed by atoms with Gasteiger partial charge in [0.25, 0.3) is 0 Å². The largest absolute Gasteiger partial charge is 0.434 e. The van der Waals surface area contributed by atoms with E-state index in [9.17, 15) is 0 Å². The van der Waals surface area contributed by atoms with Crippen LogP contribution < -0.4 is 5.23 Å². The summed E-state index contributed by atoms with van der Waals surface area (Å²) in [5, 5.41) is 3.37. The van der Waals surface area contributed by atoms with E-state index in [2.05, 4.69) is 23.5 Å². The van der Waals surface area contributed by atoms with Gasteiger partial charge in [-0.05, 0) is 24.7 Å². The first-order valence-electron chi connectivity index (χ1n) is 3.57. The van der Waals surface area contributed by atoms with Gasteiger partial charge in [0.05, 0.1) is 0 Å². The molecule has 0 bridgehead atoms. The summed E-state index contributed by atoms with van der Waals surface area (Å²) in [6.45, 7) is 0. The maximum atomic E-state index is 3.37. The molecule has 0 amide bonds. The molecule has 0 spiro atoms. The second-order valence-electron chi connectivity index (χ2n) is 2.70. The molecular formula is C7H10BN. The number of nitrogens with one attached hydrogen (secondary N) is 1. The van der Waals surface area contributed by atoms with Gasteiger partial charge >= 0.3 is 0 Å². The maximum absolute atomic E-state index is 3.37. The van der Waals surface area contributed by atoms with E-state index in [-0.39, 0.29) is 0 Å².